The zero-order valence-corrected chi connectivity index (χ0v) is 12.6. The van der Waals surface area contributed by atoms with E-state index in [9.17, 15) is 0 Å². The van der Waals surface area contributed by atoms with Gasteiger partial charge in [0.1, 0.15) is 0 Å². The van der Waals surface area contributed by atoms with Crippen LogP contribution in [0.5, 0.6) is 0 Å². The number of nitrogens with zero attached hydrogens (tertiary/aromatic N) is 1. The quantitative estimate of drug-likeness (QED) is 0.764. The zero-order chi connectivity index (χ0) is 13.6. The minimum atomic E-state index is 0.876. The number of nitrogens with one attached hydrogen (secondary N) is 1. The lowest BCUT2D eigenvalue weighted by atomic mass is 10.1. The van der Waals surface area contributed by atoms with Crippen LogP contribution in [0.2, 0.25) is 0 Å². The first-order valence-corrected chi connectivity index (χ1v) is 8.44. The highest BCUT2D eigenvalue weighted by atomic mass is 15.1. The molecular formula is C18H28N2. The summed E-state index contributed by atoms with van der Waals surface area (Å²) in [6, 6.07) is 9.24. The molecular weight excluding hydrogens is 244 g/mol. The van der Waals surface area contributed by atoms with Gasteiger partial charge in [0.05, 0.1) is 0 Å². The van der Waals surface area contributed by atoms with Crippen LogP contribution in [-0.4, -0.2) is 31.1 Å². The SMILES string of the molecule is c1cc(C2CC2)ccc1CNCCCN1CCCCC1. The molecule has 2 fully saturated rings. The topological polar surface area (TPSA) is 15.3 Å². The summed E-state index contributed by atoms with van der Waals surface area (Å²) >= 11 is 0. The van der Waals surface area contributed by atoms with Gasteiger partial charge in [-0.2, -0.15) is 0 Å². The van der Waals surface area contributed by atoms with Gasteiger partial charge in [0.2, 0.25) is 0 Å². The van der Waals surface area contributed by atoms with E-state index >= 15 is 0 Å². The molecule has 0 aromatic heterocycles. The largest absolute Gasteiger partial charge is 0.313 e. The van der Waals surface area contributed by atoms with Crippen LogP contribution in [0.25, 0.3) is 0 Å². The highest BCUT2D eigenvalue weighted by molar-refractivity contribution is 5.27. The molecule has 20 heavy (non-hydrogen) atoms. The molecule has 3 rings (SSSR count). The Hall–Kier alpha value is -0.860. The van der Waals surface area contributed by atoms with Crippen molar-refractivity contribution in [3.05, 3.63) is 35.4 Å². The number of hydrogen-bond acceptors (Lipinski definition) is 2. The third-order valence-electron chi connectivity index (χ3n) is 4.63. The van der Waals surface area contributed by atoms with Crippen LogP contribution in [0.1, 0.15) is 55.6 Å². The summed E-state index contributed by atoms with van der Waals surface area (Å²) in [5.74, 6) is 0.876. The Bertz CT molecular complexity index is 388. The molecule has 0 amide bonds. The summed E-state index contributed by atoms with van der Waals surface area (Å²) < 4.78 is 0. The summed E-state index contributed by atoms with van der Waals surface area (Å²) in [4.78, 5) is 2.62. The Balaban J connectivity index is 1.29. The lowest BCUT2D eigenvalue weighted by molar-refractivity contribution is 0.225. The van der Waals surface area contributed by atoms with E-state index in [1.165, 1.54) is 63.7 Å². The van der Waals surface area contributed by atoms with Crippen LogP contribution >= 0.6 is 0 Å². The van der Waals surface area contributed by atoms with Crippen LogP contribution in [-0.2, 0) is 6.54 Å². The number of benzene rings is 1. The highest BCUT2D eigenvalue weighted by Crippen LogP contribution is 2.39. The van der Waals surface area contributed by atoms with Gasteiger partial charge in [0, 0.05) is 6.54 Å². The average molecular weight is 272 g/mol. The number of hydrogen-bond donors (Lipinski definition) is 1. The molecule has 1 aromatic carbocycles. The van der Waals surface area contributed by atoms with Gasteiger partial charge in [-0.3, -0.25) is 0 Å². The molecule has 0 radical (unpaired) electrons. The average Bonchev–Trinajstić information content (AvgIpc) is 3.33. The van der Waals surface area contributed by atoms with Crippen LogP contribution in [0.3, 0.4) is 0 Å². The fraction of sp³-hybridized carbons (Fsp3) is 0.667. The van der Waals surface area contributed by atoms with Gasteiger partial charge in [-0.1, -0.05) is 30.7 Å². The standard InChI is InChI=1S/C18H28N2/c1-2-12-20(13-3-1)14-4-11-19-15-16-5-7-17(8-6-16)18-9-10-18/h5-8,18-19H,1-4,9-15H2. The van der Waals surface area contributed by atoms with Crippen LogP contribution < -0.4 is 5.32 Å². The highest BCUT2D eigenvalue weighted by Gasteiger charge is 2.22. The number of piperidine rings is 1. The minimum absolute atomic E-state index is 0.876. The van der Waals surface area contributed by atoms with E-state index in [1.54, 1.807) is 5.56 Å². The van der Waals surface area contributed by atoms with Crippen molar-refractivity contribution in [3.63, 3.8) is 0 Å². The molecule has 1 N–H and O–H groups in total. The Kier molecular flexibility index (Phi) is 5.10. The lowest BCUT2D eigenvalue weighted by Gasteiger charge is -2.26. The Morgan fingerprint density at radius 2 is 1.75 bits per heavy atom. The molecule has 0 bridgehead atoms. The molecule has 1 aliphatic carbocycles. The summed E-state index contributed by atoms with van der Waals surface area (Å²) in [6.45, 7) is 6.07. The van der Waals surface area contributed by atoms with Crippen molar-refractivity contribution in [1.82, 2.24) is 10.2 Å². The fourth-order valence-corrected chi connectivity index (χ4v) is 3.17. The van der Waals surface area contributed by atoms with Gasteiger partial charge in [-0.05, 0) is 75.3 Å². The van der Waals surface area contributed by atoms with Gasteiger partial charge >= 0.3 is 0 Å². The molecule has 1 aliphatic heterocycles. The maximum atomic E-state index is 3.58. The van der Waals surface area contributed by atoms with E-state index in [2.05, 4.69) is 34.5 Å². The lowest BCUT2D eigenvalue weighted by Crippen LogP contribution is -2.32. The first-order chi connectivity index (χ1) is 9.92. The predicted molar refractivity (Wildman–Crippen MR) is 85.0 cm³/mol. The molecule has 0 atom stereocenters. The third kappa shape index (κ3) is 4.32. The smallest absolute Gasteiger partial charge is 0.0205 e. The molecule has 1 heterocycles. The number of rotatable bonds is 7. The monoisotopic (exact) mass is 272 g/mol. The molecule has 0 spiro atoms. The van der Waals surface area contributed by atoms with E-state index in [4.69, 9.17) is 0 Å². The Morgan fingerprint density at radius 3 is 2.45 bits per heavy atom. The summed E-state index contributed by atoms with van der Waals surface area (Å²) in [5, 5.41) is 3.58. The van der Waals surface area contributed by atoms with Gasteiger partial charge in [0.15, 0.2) is 0 Å². The summed E-state index contributed by atoms with van der Waals surface area (Å²) in [6.07, 6.45) is 8.31. The van der Waals surface area contributed by atoms with E-state index in [0.717, 1.165) is 19.0 Å². The maximum Gasteiger partial charge on any atom is 0.0205 e. The van der Waals surface area contributed by atoms with Crippen molar-refractivity contribution in [1.29, 1.82) is 0 Å². The van der Waals surface area contributed by atoms with Crippen molar-refractivity contribution < 1.29 is 0 Å². The van der Waals surface area contributed by atoms with Crippen molar-refractivity contribution in [2.75, 3.05) is 26.2 Å². The molecule has 2 aliphatic rings. The molecule has 1 saturated heterocycles. The second kappa shape index (κ2) is 7.24. The predicted octanol–water partition coefficient (Wildman–Crippen LogP) is 3.53. The zero-order valence-electron chi connectivity index (χ0n) is 12.6. The molecule has 2 nitrogen and oxygen atoms in total. The first kappa shape index (κ1) is 14.1. The molecule has 110 valence electrons. The van der Waals surface area contributed by atoms with E-state index in [-0.39, 0.29) is 0 Å². The normalized spacial score (nSPS) is 20.2. The van der Waals surface area contributed by atoms with E-state index < -0.39 is 0 Å². The molecule has 1 saturated carbocycles. The molecule has 1 aromatic rings. The van der Waals surface area contributed by atoms with Crippen LogP contribution in [0.4, 0.5) is 0 Å². The van der Waals surface area contributed by atoms with Gasteiger partial charge < -0.3 is 10.2 Å². The molecule has 2 heteroatoms. The van der Waals surface area contributed by atoms with Crippen molar-refractivity contribution in [2.24, 2.45) is 0 Å². The van der Waals surface area contributed by atoms with E-state index in [1.807, 2.05) is 0 Å². The van der Waals surface area contributed by atoms with Crippen molar-refractivity contribution in [2.45, 2.75) is 51.0 Å². The third-order valence-corrected chi connectivity index (χ3v) is 4.63. The van der Waals surface area contributed by atoms with E-state index in [0.29, 0.717) is 0 Å². The second-order valence-corrected chi connectivity index (χ2v) is 6.45. The maximum absolute atomic E-state index is 3.58. The molecule has 0 unspecified atom stereocenters. The van der Waals surface area contributed by atoms with Crippen LogP contribution in [0.15, 0.2) is 24.3 Å². The van der Waals surface area contributed by atoms with Gasteiger partial charge in [0.25, 0.3) is 0 Å². The van der Waals surface area contributed by atoms with Gasteiger partial charge in [-0.15, -0.1) is 0 Å². The fourth-order valence-electron chi connectivity index (χ4n) is 3.17. The number of likely N-dealkylation sites (tertiary alicyclic amines) is 1. The minimum Gasteiger partial charge on any atom is -0.313 e. The Labute approximate surface area is 123 Å². The first-order valence-electron chi connectivity index (χ1n) is 8.44. The second-order valence-electron chi connectivity index (χ2n) is 6.45. The van der Waals surface area contributed by atoms with Crippen molar-refractivity contribution >= 4 is 0 Å². The van der Waals surface area contributed by atoms with Gasteiger partial charge in [-0.25, -0.2) is 0 Å². The summed E-state index contributed by atoms with van der Waals surface area (Å²) in [5.41, 5.74) is 2.96. The Morgan fingerprint density at radius 1 is 1.00 bits per heavy atom. The summed E-state index contributed by atoms with van der Waals surface area (Å²) in [7, 11) is 0. The van der Waals surface area contributed by atoms with Crippen LogP contribution in [0, 0.1) is 0 Å². The van der Waals surface area contributed by atoms with Crippen molar-refractivity contribution in [3.8, 4) is 0 Å².